The Morgan fingerprint density at radius 1 is 0.917 bits per heavy atom. The van der Waals surface area contributed by atoms with Crippen LogP contribution in [0.1, 0.15) is 56.3 Å². The predicted octanol–water partition coefficient (Wildman–Crippen LogP) is 5.85. The van der Waals surface area contributed by atoms with Gasteiger partial charge in [0, 0.05) is 0 Å². The zero-order chi connectivity index (χ0) is 17.0. The number of rotatable bonds is 9. The molecule has 0 aliphatic rings. The molecule has 0 radical (unpaired) electrons. The molecule has 0 unspecified atom stereocenters. The van der Waals surface area contributed by atoms with Crippen LogP contribution in [0.3, 0.4) is 0 Å². The fraction of sp³-hybridized carbons (Fsp3) is 0.318. The van der Waals surface area contributed by atoms with E-state index in [1.807, 2.05) is 66.7 Å². The van der Waals surface area contributed by atoms with Crippen LogP contribution < -0.4 is 0 Å². The highest BCUT2D eigenvalue weighted by atomic mass is 16.5. The van der Waals surface area contributed by atoms with E-state index >= 15 is 0 Å². The van der Waals surface area contributed by atoms with E-state index in [1.165, 1.54) is 19.3 Å². The van der Waals surface area contributed by atoms with Crippen LogP contribution >= 0.6 is 0 Å². The van der Waals surface area contributed by atoms with Gasteiger partial charge in [0.15, 0.2) is 6.10 Å². The van der Waals surface area contributed by atoms with Gasteiger partial charge in [0.1, 0.15) is 0 Å². The number of hydrogen-bond acceptors (Lipinski definition) is 2. The van der Waals surface area contributed by atoms with Gasteiger partial charge in [-0.3, -0.25) is 4.79 Å². The van der Waals surface area contributed by atoms with Gasteiger partial charge in [-0.2, -0.15) is 0 Å². The topological polar surface area (TPSA) is 26.3 Å². The van der Waals surface area contributed by atoms with Gasteiger partial charge in [0.2, 0.25) is 0 Å². The molecule has 0 saturated heterocycles. The highest BCUT2D eigenvalue weighted by Crippen LogP contribution is 2.26. The summed E-state index contributed by atoms with van der Waals surface area (Å²) in [4.78, 5) is 12.2. The Hall–Kier alpha value is -2.35. The van der Waals surface area contributed by atoms with Crippen LogP contribution in [0.5, 0.6) is 0 Å². The molecule has 0 aliphatic carbocycles. The molecule has 2 heteroatoms. The van der Waals surface area contributed by atoms with E-state index in [2.05, 4.69) is 13.0 Å². The maximum absolute atomic E-state index is 12.2. The van der Waals surface area contributed by atoms with E-state index in [0.29, 0.717) is 6.42 Å². The molecule has 0 spiro atoms. The zero-order valence-corrected chi connectivity index (χ0v) is 14.4. The predicted molar refractivity (Wildman–Crippen MR) is 98.7 cm³/mol. The van der Waals surface area contributed by atoms with Crippen molar-refractivity contribution in [2.75, 3.05) is 0 Å². The van der Waals surface area contributed by atoms with Crippen molar-refractivity contribution < 1.29 is 9.53 Å². The van der Waals surface area contributed by atoms with Crippen molar-refractivity contribution >= 4 is 5.97 Å². The van der Waals surface area contributed by atoms with Crippen molar-refractivity contribution in [3.05, 3.63) is 83.9 Å². The molecule has 0 heterocycles. The largest absolute Gasteiger partial charge is 0.452 e. The van der Waals surface area contributed by atoms with Gasteiger partial charge in [0.05, 0.1) is 6.42 Å². The molecule has 0 atom stereocenters. The van der Waals surface area contributed by atoms with E-state index < -0.39 is 0 Å². The van der Waals surface area contributed by atoms with Crippen molar-refractivity contribution in [1.82, 2.24) is 0 Å². The molecular formula is C22H26O2. The quantitative estimate of drug-likeness (QED) is 0.329. The van der Waals surface area contributed by atoms with Crippen molar-refractivity contribution in [3.63, 3.8) is 0 Å². The normalized spacial score (nSPS) is 11.1. The Balaban J connectivity index is 1.97. The Morgan fingerprint density at radius 2 is 1.50 bits per heavy atom. The molecule has 2 aromatic carbocycles. The number of unbranched alkanes of at least 4 members (excludes halogenated alkanes) is 3. The summed E-state index contributed by atoms with van der Waals surface area (Å²) in [6.45, 7) is 2.19. The minimum Gasteiger partial charge on any atom is -0.452 e. The number of carbonyl (C=O) groups is 1. The smallest absolute Gasteiger partial charge is 0.310 e. The fourth-order valence-corrected chi connectivity index (χ4v) is 2.57. The van der Waals surface area contributed by atoms with Gasteiger partial charge in [-0.05, 0) is 24.0 Å². The minimum atomic E-state index is -0.353. The molecule has 0 saturated carbocycles. The lowest BCUT2D eigenvalue weighted by Gasteiger charge is -2.18. The molecule has 2 aromatic rings. The van der Waals surface area contributed by atoms with Crippen LogP contribution in [0, 0.1) is 0 Å². The number of carbonyl (C=O) groups excluding carboxylic acids is 1. The maximum Gasteiger partial charge on any atom is 0.310 e. The fourth-order valence-electron chi connectivity index (χ4n) is 2.57. The Kier molecular flexibility index (Phi) is 7.82. The lowest BCUT2D eigenvalue weighted by atomic mass is 10.0. The summed E-state index contributed by atoms with van der Waals surface area (Å²) in [5.41, 5.74) is 1.98. The van der Waals surface area contributed by atoms with E-state index in [1.54, 1.807) is 0 Å². The molecule has 0 fully saturated rings. The zero-order valence-electron chi connectivity index (χ0n) is 14.4. The first kappa shape index (κ1) is 18.0. The molecule has 126 valence electrons. The van der Waals surface area contributed by atoms with E-state index in [0.717, 1.165) is 17.5 Å². The highest BCUT2D eigenvalue weighted by molar-refractivity contribution is 5.71. The van der Waals surface area contributed by atoms with Crippen LogP contribution in [0.15, 0.2) is 72.8 Å². The monoisotopic (exact) mass is 322 g/mol. The average Bonchev–Trinajstić information content (AvgIpc) is 2.64. The summed E-state index contributed by atoms with van der Waals surface area (Å²) in [5.74, 6) is -0.195. The third-order valence-corrected chi connectivity index (χ3v) is 3.88. The SMILES string of the molecule is CCCCC/C=C/CC(=O)OC(c1ccccc1)c1ccccc1. The van der Waals surface area contributed by atoms with Gasteiger partial charge in [-0.1, -0.05) is 92.6 Å². The molecule has 0 bridgehead atoms. The molecule has 2 rings (SSSR count). The third kappa shape index (κ3) is 6.04. The van der Waals surface area contributed by atoms with Crippen LogP contribution in [0.4, 0.5) is 0 Å². The Morgan fingerprint density at radius 3 is 2.04 bits per heavy atom. The first-order chi connectivity index (χ1) is 11.8. The summed E-state index contributed by atoms with van der Waals surface area (Å²) < 4.78 is 5.76. The second kappa shape index (κ2) is 10.4. The van der Waals surface area contributed by atoms with E-state index in [-0.39, 0.29) is 12.1 Å². The van der Waals surface area contributed by atoms with Crippen LogP contribution in [-0.4, -0.2) is 5.97 Å². The summed E-state index contributed by atoms with van der Waals surface area (Å²) >= 11 is 0. The lowest BCUT2D eigenvalue weighted by molar-refractivity contribution is -0.146. The first-order valence-corrected chi connectivity index (χ1v) is 8.75. The molecular weight excluding hydrogens is 296 g/mol. The maximum atomic E-state index is 12.2. The number of benzene rings is 2. The molecule has 0 amide bonds. The van der Waals surface area contributed by atoms with E-state index in [4.69, 9.17) is 4.74 Å². The van der Waals surface area contributed by atoms with Crippen molar-refractivity contribution in [2.24, 2.45) is 0 Å². The summed E-state index contributed by atoms with van der Waals surface area (Å²) in [7, 11) is 0. The van der Waals surface area contributed by atoms with Gasteiger partial charge in [-0.25, -0.2) is 0 Å². The standard InChI is InChI=1S/C22H26O2/c1-2-3-4-5-6-13-18-21(23)24-22(19-14-9-7-10-15-19)20-16-11-8-12-17-20/h6-17,22H,2-5,18H2,1H3/b13-6+. The highest BCUT2D eigenvalue weighted by Gasteiger charge is 2.17. The lowest BCUT2D eigenvalue weighted by Crippen LogP contribution is -2.12. The van der Waals surface area contributed by atoms with Gasteiger partial charge in [-0.15, -0.1) is 0 Å². The van der Waals surface area contributed by atoms with Gasteiger partial charge in [0.25, 0.3) is 0 Å². The summed E-state index contributed by atoms with van der Waals surface area (Å²) in [5, 5.41) is 0. The van der Waals surface area contributed by atoms with E-state index in [9.17, 15) is 4.79 Å². The number of allylic oxidation sites excluding steroid dienone is 1. The summed E-state index contributed by atoms with van der Waals surface area (Å²) in [6, 6.07) is 19.8. The van der Waals surface area contributed by atoms with Crippen LogP contribution in [-0.2, 0) is 9.53 Å². The second-order valence-electron chi connectivity index (χ2n) is 5.86. The second-order valence-corrected chi connectivity index (χ2v) is 5.86. The van der Waals surface area contributed by atoms with Crippen molar-refractivity contribution in [3.8, 4) is 0 Å². The third-order valence-electron chi connectivity index (χ3n) is 3.88. The van der Waals surface area contributed by atoms with Crippen LogP contribution in [0.2, 0.25) is 0 Å². The van der Waals surface area contributed by atoms with Gasteiger partial charge >= 0.3 is 5.97 Å². The molecule has 0 aliphatic heterocycles. The van der Waals surface area contributed by atoms with Crippen LogP contribution in [0.25, 0.3) is 0 Å². The minimum absolute atomic E-state index is 0.195. The van der Waals surface area contributed by atoms with Crippen molar-refractivity contribution in [1.29, 1.82) is 0 Å². The number of hydrogen-bond donors (Lipinski definition) is 0. The number of ether oxygens (including phenoxy) is 1. The van der Waals surface area contributed by atoms with Crippen molar-refractivity contribution in [2.45, 2.75) is 45.1 Å². The average molecular weight is 322 g/mol. The Labute approximate surface area is 145 Å². The molecule has 0 aromatic heterocycles. The molecule has 2 nitrogen and oxygen atoms in total. The molecule has 0 N–H and O–H groups in total. The summed E-state index contributed by atoms with van der Waals surface area (Å²) in [6.07, 6.45) is 8.63. The Bertz CT molecular complexity index is 577. The number of esters is 1. The molecule has 24 heavy (non-hydrogen) atoms. The first-order valence-electron chi connectivity index (χ1n) is 8.75. The van der Waals surface area contributed by atoms with Gasteiger partial charge < -0.3 is 4.74 Å².